The lowest BCUT2D eigenvalue weighted by Gasteiger charge is -2.32. The number of carbonyl (C=O) groups excluding carboxylic acids is 1. The molecule has 1 aliphatic carbocycles. The fourth-order valence-corrected chi connectivity index (χ4v) is 2.11. The Morgan fingerprint density at radius 2 is 1.80 bits per heavy atom. The first kappa shape index (κ1) is 12.5. The highest BCUT2D eigenvalue weighted by molar-refractivity contribution is 5.81. The van der Waals surface area contributed by atoms with Crippen LogP contribution in [0.1, 0.15) is 53.4 Å². The average molecular weight is 211 g/mol. The number of carbonyl (C=O) groups is 1. The van der Waals surface area contributed by atoms with Gasteiger partial charge in [0.15, 0.2) is 0 Å². The summed E-state index contributed by atoms with van der Waals surface area (Å²) in [6, 6.07) is 0.459. The highest BCUT2D eigenvalue weighted by Crippen LogP contribution is 2.32. The molecule has 0 heterocycles. The number of hydrogen-bond donors (Lipinski definition) is 0. The van der Waals surface area contributed by atoms with E-state index in [2.05, 4.69) is 32.6 Å². The van der Waals surface area contributed by atoms with Crippen molar-refractivity contribution in [3.8, 4) is 0 Å². The Bertz CT molecular complexity index is 205. The zero-order valence-electron chi connectivity index (χ0n) is 10.6. The van der Waals surface area contributed by atoms with Crippen molar-refractivity contribution in [2.24, 2.45) is 11.8 Å². The highest BCUT2D eigenvalue weighted by Gasteiger charge is 2.35. The Morgan fingerprint density at radius 3 is 2.13 bits per heavy atom. The average Bonchev–Trinajstić information content (AvgIpc) is 2.99. The standard InChI is InChI=1S/C13H25NO/c1-5-12(6-2)14(9-10(3)4)13(15)11-7-8-11/h10-12H,5-9H2,1-4H3. The van der Waals surface area contributed by atoms with Crippen molar-refractivity contribution in [2.75, 3.05) is 6.54 Å². The summed E-state index contributed by atoms with van der Waals surface area (Å²) in [7, 11) is 0. The number of hydrogen-bond acceptors (Lipinski definition) is 1. The third-order valence-electron chi connectivity index (χ3n) is 3.15. The smallest absolute Gasteiger partial charge is 0.225 e. The lowest BCUT2D eigenvalue weighted by molar-refractivity contribution is -0.135. The van der Waals surface area contributed by atoms with Crippen LogP contribution in [0.2, 0.25) is 0 Å². The van der Waals surface area contributed by atoms with Crippen LogP contribution in [0.25, 0.3) is 0 Å². The first-order chi connectivity index (χ1) is 7.10. The molecule has 88 valence electrons. The first-order valence-electron chi connectivity index (χ1n) is 6.40. The predicted molar refractivity (Wildman–Crippen MR) is 63.6 cm³/mol. The Balaban J connectivity index is 2.61. The van der Waals surface area contributed by atoms with E-state index in [-0.39, 0.29) is 0 Å². The van der Waals surface area contributed by atoms with Crippen molar-refractivity contribution in [1.82, 2.24) is 4.90 Å². The van der Waals surface area contributed by atoms with Crippen molar-refractivity contribution in [1.29, 1.82) is 0 Å². The molecule has 1 fully saturated rings. The fraction of sp³-hybridized carbons (Fsp3) is 0.923. The van der Waals surface area contributed by atoms with Gasteiger partial charge in [-0.15, -0.1) is 0 Å². The van der Waals surface area contributed by atoms with Gasteiger partial charge in [0.25, 0.3) is 0 Å². The second-order valence-corrected chi connectivity index (χ2v) is 5.13. The Kier molecular flexibility index (Phi) is 4.62. The van der Waals surface area contributed by atoms with E-state index in [1.165, 1.54) is 0 Å². The molecule has 1 aliphatic rings. The van der Waals surface area contributed by atoms with Crippen molar-refractivity contribution in [3.05, 3.63) is 0 Å². The van der Waals surface area contributed by atoms with Gasteiger partial charge in [0.05, 0.1) is 0 Å². The Morgan fingerprint density at radius 1 is 1.27 bits per heavy atom. The minimum absolute atomic E-state index is 0.365. The van der Waals surface area contributed by atoms with Crippen LogP contribution in [-0.2, 0) is 4.79 Å². The summed E-state index contributed by atoms with van der Waals surface area (Å²) >= 11 is 0. The van der Waals surface area contributed by atoms with E-state index in [1.54, 1.807) is 0 Å². The monoisotopic (exact) mass is 211 g/mol. The van der Waals surface area contributed by atoms with Gasteiger partial charge in [-0.05, 0) is 31.6 Å². The normalized spacial score (nSPS) is 16.1. The number of amides is 1. The summed E-state index contributed by atoms with van der Waals surface area (Å²) in [5.41, 5.74) is 0. The van der Waals surface area contributed by atoms with Gasteiger partial charge in [-0.3, -0.25) is 4.79 Å². The molecule has 2 nitrogen and oxygen atoms in total. The second kappa shape index (κ2) is 5.53. The topological polar surface area (TPSA) is 20.3 Å². The van der Waals surface area contributed by atoms with Crippen LogP contribution in [0.15, 0.2) is 0 Å². The van der Waals surface area contributed by atoms with Gasteiger partial charge >= 0.3 is 0 Å². The molecule has 0 N–H and O–H groups in total. The molecule has 0 aliphatic heterocycles. The molecule has 1 rings (SSSR count). The summed E-state index contributed by atoms with van der Waals surface area (Å²) in [6.45, 7) is 9.68. The quantitative estimate of drug-likeness (QED) is 0.661. The van der Waals surface area contributed by atoms with Crippen LogP contribution >= 0.6 is 0 Å². The summed E-state index contributed by atoms with van der Waals surface area (Å²) in [6.07, 6.45) is 4.41. The molecule has 2 heteroatoms. The van der Waals surface area contributed by atoms with Gasteiger partial charge in [-0.2, -0.15) is 0 Å². The van der Waals surface area contributed by atoms with Gasteiger partial charge in [0.2, 0.25) is 5.91 Å². The molecule has 0 unspecified atom stereocenters. The van der Waals surface area contributed by atoms with E-state index in [0.29, 0.717) is 23.8 Å². The maximum absolute atomic E-state index is 12.1. The second-order valence-electron chi connectivity index (χ2n) is 5.13. The van der Waals surface area contributed by atoms with E-state index in [9.17, 15) is 4.79 Å². The van der Waals surface area contributed by atoms with Gasteiger partial charge in [0.1, 0.15) is 0 Å². The molecule has 15 heavy (non-hydrogen) atoms. The van der Waals surface area contributed by atoms with Crippen LogP contribution < -0.4 is 0 Å². The molecule has 0 atom stereocenters. The van der Waals surface area contributed by atoms with Gasteiger partial charge in [-0.25, -0.2) is 0 Å². The number of nitrogens with zero attached hydrogens (tertiary/aromatic N) is 1. The van der Waals surface area contributed by atoms with Crippen LogP contribution in [-0.4, -0.2) is 23.4 Å². The van der Waals surface area contributed by atoms with Crippen molar-refractivity contribution in [2.45, 2.75) is 59.4 Å². The molecule has 0 radical (unpaired) electrons. The Labute approximate surface area is 94.0 Å². The minimum atomic E-state index is 0.365. The zero-order chi connectivity index (χ0) is 11.4. The third kappa shape index (κ3) is 3.51. The lowest BCUT2D eigenvalue weighted by Crippen LogP contribution is -2.42. The van der Waals surface area contributed by atoms with Crippen molar-refractivity contribution in [3.63, 3.8) is 0 Å². The highest BCUT2D eigenvalue weighted by atomic mass is 16.2. The molecule has 0 spiro atoms. The lowest BCUT2D eigenvalue weighted by atomic mass is 10.1. The summed E-state index contributed by atoms with van der Waals surface area (Å²) in [5, 5.41) is 0. The molecule has 0 aromatic carbocycles. The van der Waals surface area contributed by atoms with Crippen LogP contribution in [0.5, 0.6) is 0 Å². The maximum atomic E-state index is 12.1. The molecular weight excluding hydrogens is 186 g/mol. The van der Waals surface area contributed by atoms with Crippen molar-refractivity contribution >= 4 is 5.91 Å². The molecule has 1 amide bonds. The van der Waals surface area contributed by atoms with E-state index in [0.717, 1.165) is 32.2 Å². The van der Waals surface area contributed by atoms with Crippen molar-refractivity contribution < 1.29 is 4.79 Å². The van der Waals surface area contributed by atoms with Gasteiger partial charge in [0, 0.05) is 18.5 Å². The largest absolute Gasteiger partial charge is 0.339 e. The van der Waals surface area contributed by atoms with E-state index < -0.39 is 0 Å². The SMILES string of the molecule is CCC(CC)N(CC(C)C)C(=O)C1CC1. The summed E-state index contributed by atoms with van der Waals surface area (Å²) in [5.74, 6) is 1.36. The minimum Gasteiger partial charge on any atom is -0.339 e. The van der Waals surface area contributed by atoms with Crippen LogP contribution in [0.3, 0.4) is 0 Å². The molecular formula is C13H25NO. The summed E-state index contributed by atoms with van der Waals surface area (Å²) < 4.78 is 0. The number of rotatable bonds is 6. The van der Waals surface area contributed by atoms with Crippen LogP contribution in [0, 0.1) is 11.8 Å². The maximum Gasteiger partial charge on any atom is 0.225 e. The van der Waals surface area contributed by atoms with E-state index >= 15 is 0 Å². The molecule has 0 aromatic rings. The molecule has 0 bridgehead atoms. The predicted octanol–water partition coefficient (Wildman–Crippen LogP) is 3.07. The van der Waals surface area contributed by atoms with Gasteiger partial charge in [-0.1, -0.05) is 27.7 Å². The van der Waals surface area contributed by atoms with Crippen LogP contribution in [0.4, 0.5) is 0 Å². The first-order valence-corrected chi connectivity index (χ1v) is 6.40. The zero-order valence-corrected chi connectivity index (χ0v) is 10.6. The van der Waals surface area contributed by atoms with E-state index in [4.69, 9.17) is 0 Å². The molecule has 0 aromatic heterocycles. The van der Waals surface area contributed by atoms with E-state index in [1.807, 2.05) is 0 Å². The summed E-state index contributed by atoms with van der Waals surface area (Å²) in [4.78, 5) is 14.3. The Hall–Kier alpha value is -0.530. The third-order valence-corrected chi connectivity index (χ3v) is 3.15. The fourth-order valence-electron chi connectivity index (χ4n) is 2.11. The van der Waals surface area contributed by atoms with Gasteiger partial charge < -0.3 is 4.90 Å². The molecule has 0 saturated heterocycles. The molecule has 1 saturated carbocycles.